The first-order valence-electron chi connectivity index (χ1n) is 6.13. The maximum absolute atomic E-state index is 11.8. The molecule has 19 heavy (non-hydrogen) atoms. The van der Waals surface area contributed by atoms with Gasteiger partial charge in [-0.25, -0.2) is 8.42 Å². The van der Waals surface area contributed by atoms with E-state index in [0.29, 0.717) is 17.9 Å². The number of esters is 1. The van der Waals surface area contributed by atoms with Crippen LogP contribution >= 0.6 is 0 Å². The molecule has 5 nitrogen and oxygen atoms in total. The molecule has 1 aromatic rings. The second-order valence-electron chi connectivity index (χ2n) is 4.10. The summed E-state index contributed by atoms with van der Waals surface area (Å²) < 4.78 is 28.1. The number of benzene rings is 1. The first-order valence-corrected chi connectivity index (χ1v) is 7.78. The molecule has 0 aliphatic heterocycles. The van der Waals surface area contributed by atoms with Crippen LogP contribution in [0.25, 0.3) is 0 Å². The number of sulfone groups is 1. The summed E-state index contributed by atoms with van der Waals surface area (Å²) in [6.45, 7) is 2.29. The van der Waals surface area contributed by atoms with Crippen LogP contribution < -0.4 is 5.32 Å². The Morgan fingerprint density at radius 2 is 1.89 bits per heavy atom. The second kappa shape index (κ2) is 7.13. The molecule has 106 valence electrons. The molecule has 0 fully saturated rings. The number of carbonyl (C=O) groups is 1. The molecule has 0 aliphatic rings. The summed E-state index contributed by atoms with van der Waals surface area (Å²) in [7, 11) is -1.82. The molecule has 0 heterocycles. The molecule has 0 saturated carbocycles. The quantitative estimate of drug-likeness (QED) is 0.774. The van der Waals surface area contributed by atoms with Gasteiger partial charge < -0.3 is 10.1 Å². The normalized spacial score (nSPS) is 11.1. The Morgan fingerprint density at radius 1 is 1.26 bits per heavy atom. The van der Waals surface area contributed by atoms with E-state index in [4.69, 9.17) is 0 Å². The van der Waals surface area contributed by atoms with Crippen LogP contribution in [-0.4, -0.2) is 33.8 Å². The summed E-state index contributed by atoms with van der Waals surface area (Å²) in [5.74, 6) is -0.128. The van der Waals surface area contributed by atoms with Gasteiger partial charge in [-0.1, -0.05) is 6.92 Å². The Labute approximate surface area is 113 Å². The van der Waals surface area contributed by atoms with Crippen molar-refractivity contribution < 1.29 is 17.9 Å². The molecule has 0 bridgehead atoms. The Kier molecular flexibility index (Phi) is 5.82. The Bertz CT molecular complexity index is 508. The van der Waals surface area contributed by atoms with Gasteiger partial charge in [0.15, 0.2) is 9.84 Å². The zero-order chi connectivity index (χ0) is 14.3. The number of rotatable bonds is 7. The summed E-state index contributed by atoms with van der Waals surface area (Å²) >= 11 is 0. The number of hydrogen-bond donors (Lipinski definition) is 1. The molecule has 0 radical (unpaired) electrons. The van der Waals surface area contributed by atoms with E-state index >= 15 is 0 Å². The number of ether oxygens (including phenoxy) is 1. The van der Waals surface area contributed by atoms with Gasteiger partial charge >= 0.3 is 5.97 Å². The highest BCUT2D eigenvalue weighted by Crippen LogP contribution is 2.16. The van der Waals surface area contributed by atoms with E-state index in [0.717, 1.165) is 5.69 Å². The van der Waals surface area contributed by atoms with Gasteiger partial charge in [0, 0.05) is 12.2 Å². The maximum atomic E-state index is 11.8. The highest BCUT2D eigenvalue weighted by Gasteiger charge is 2.12. The van der Waals surface area contributed by atoms with Crippen LogP contribution in [0.2, 0.25) is 0 Å². The lowest BCUT2D eigenvalue weighted by molar-refractivity contribution is -0.140. The van der Waals surface area contributed by atoms with Crippen molar-refractivity contribution in [3.8, 4) is 0 Å². The highest BCUT2D eigenvalue weighted by atomic mass is 32.2. The largest absolute Gasteiger partial charge is 0.469 e. The number of carbonyl (C=O) groups excluding carboxylic acids is 1. The topological polar surface area (TPSA) is 72.5 Å². The highest BCUT2D eigenvalue weighted by molar-refractivity contribution is 7.91. The van der Waals surface area contributed by atoms with Crippen molar-refractivity contribution >= 4 is 21.5 Å². The molecule has 0 spiro atoms. The summed E-state index contributed by atoms with van der Waals surface area (Å²) in [4.78, 5) is 11.2. The lowest BCUT2D eigenvalue weighted by Gasteiger charge is -2.07. The third kappa shape index (κ3) is 4.90. The van der Waals surface area contributed by atoms with Crippen molar-refractivity contribution in [1.82, 2.24) is 0 Å². The molecule has 1 rings (SSSR count). The molecule has 6 heteroatoms. The first kappa shape index (κ1) is 15.5. The number of methoxy groups -OCH3 is 1. The summed E-state index contributed by atoms with van der Waals surface area (Å²) in [6, 6.07) is 6.54. The molecule has 0 aromatic heterocycles. The van der Waals surface area contributed by atoms with E-state index < -0.39 is 9.84 Å². The number of anilines is 1. The molecular weight excluding hydrogens is 266 g/mol. The monoisotopic (exact) mass is 285 g/mol. The van der Waals surface area contributed by atoms with Gasteiger partial charge in [0.1, 0.15) is 0 Å². The van der Waals surface area contributed by atoms with Gasteiger partial charge in [-0.05, 0) is 30.7 Å². The molecule has 0 aliphatic carbocycles. The standard InChI is InChI=1S/C13H19NO4S/c1-3-10-19(16,17)12-6-4-11(5-7-12)14-9-8-13(15)18-2/h4-7,14H,3,8-10H2,1-2H3. The molecular formula is C13H19NO4S. The van der Waals surface area contributed by atoms with Crippen molar-refractivity contribution in [2.24, 2.45) is 0 Å². The van der Waals surface area contributed by atoms with E-state index in [1.165, 1.54) is 7.11 Å². The Balaban J connectivity index is 2.59. The predicted octanol–water partition coefficient (Wildman–Crippen LogP) is 1.85. The van der Waals surface area contributed by atoms with E-state index in [9.17, 15) is 13.2 Å². The molecule has 0 saturated heterocycles. The van der Waals surface area contributed by atoms with Gasteiger partial charge in [0.2, 0.25) is 0 Å². The average molecular weight is 285 g/mol. The minimum atomic E-state index is -3.17. The Hall–Kier alpha value is -1.56. The summed E-state index contributed by atoms with van der Waals surface area (Å²) in [5.41, 5.74) is 0.777. The van der Waals surface area contributed by atoms with Crippen LogP contribution in [0.15, 0.2) is 29.2 Å². The Morgan fingerprint density at radius 3 is 2.42 bits per heavy atom. The molecule has 0 unspecified atom stereocenters. The van der Waals surface area contributed by atoms with Gasteiger partial charge in [-0.3, -0.25) is 4.79 Å². The van der Waals surface area contributed by atoms with Crippen LogP contribution in [0, 0.1) is 0 Å². The third-order valence-corrected chi connectivity index (χ3v) is 4.51. The lowest BCUT2D eigenvalue weighted by atomic mass is 10.3. The van der Waals surface area contributed by atoms with Gasteiger partial charge in [0.25, 0.3) is 0 Å². The smallest absolute Gasteiger partial charge is 0.307 e. The van der Waals surface area contributed by atoms with Crippen LogP contribution in [0.3, 0.4) is 0 Å². The second-order valence-corrected chi connectivity index (χ2v) is 6.21. The van der Waals surface area contributed by atoms with Crippen LogP contribution in [0.5, 0.6) is 0 Å². The fraction of sp³-hybridized carbons (Fsp3) is 0.462. The van der Waals surface area contributed by atoms with Crippen molar-refractivity contribution in [2.75, 3.05) is 24.7 Å². The van der Waals surface area contributed by atoms with Crippen molar-refractivity contribution in [3.63, 3.8) is 0 Å². The van der Waals surface area contributed by atoms with Crippen molar-refractivity contribution in [1.29, 1.82) is 0 Å². The van der Waals surface area contributed by atoms with Gasteiger partial charge in [0.05, 0.1) is 24.2 Å². The molecule has 1 aromatic carbocycles. The lowest BCUT2D eigenvalue weighted by Crippen LogP contribution is -2.10. The van der Waals surface area contributed by atoms with Crippen molar-refractivity contribution in [2.45, 2.75) is 24.7 Å². The fourth-order valence-corrected chi connectivity index (χ4v) is 2.90. The van der Waals surface area contributed by atoms with E-state index in [1.807, 2.05) is 6.92 Å². The van der Waals surface area contributed by atoms with Crippen LogP contribution in [0.4, 0.5) is 5.69 Å². The molecule has 0 atom stereocenters. The van der Waals surface area contributed by atoms with Crippen LogP contribution in [-0.2, 0) is 19.4 Å². The third-order valence-electron chi connectivity index (χ3n) is 2.57. The predicted molar refractivity (Wildman–Crippen MR) is 73.9 cm³/mol. The van der Waals surface area contributed by atoms with E-state index in [1.54, 1.807) is 24.3 Å². The van der Waals surface area contributed by atoms with E-state index in [-0.39, 0.29) is 18.1 Å². The number of hydrogen-bond acceptors (Lipinski definition) is 5. The fourth-order valence-electron chi connectivity index (χ4n) is 1.58. The molecule has 1 N–H and O–H groups in total. The average Bonchev–Trinajstić information content (AvgIpc) is 2.39. The first-order chi connectivity index (χ1) is 8.99. The zero-order valence-electron chi connectivity index (χ0n) is 11.2. The van der Waals surface area contributed by atoms with Crippen LogP contribution in [0.1, 0.15) is 19.8 Å². The molecule has 0 amide bonds. The van der Waals surface area contributed by atoms with Gasteiger partial charge in [-0.15, -0.1) is 0 Å². The van der Waals surface area contributed by atoms with Crippen molar-refractivity contribution in [3.05, 3.63) is 24.3 Å². The SMILES string of the molecule is CCCS(=O)(=O)c1ccc(NCCC(=O)OC)cc1. The minimum absolute atomic E-state index is 0.155. The summed E-state index contributed by atoms with van der Waals surface area (Å²) in [5, 5.41) is 3.02. The zero-order valence-corrected chi connectivity index (χ0v) is 12.0. The summed E-state index contributed by atoms with van der Waals surface area (Å²) in [6.07, 6.45) is 0.869. The minimum Gasteiger partial charge on any atom is -0.469 e. The number of nitrogens with one attached hydrogen (secondary N) is 1. The van der Waals surface area contributed by atoms with E-state index in [2.05, 4.69) is 10.1 Å². The maximum Gasteiger partial charge on any atom is 0.307 e. The van der Waals surface area contributed by atoms with Gasteiger partial charge in [-0.2, -0.15) is 0 Å².